The topological polar surface area (TPSA) is 6.48 Å². The van der Waals surface area contributed by atoms with Gasteiger partial charge in [-0.3, -0.25) is 0 Å². The van der Waals surface area contributed by atoms with Crippen molar-refractivity contribution in [2.45, 2.75) is 31.6 Å². The molecule has 9 heteroatoms. The number of fused-ring (bicyclic) bond motifs is 9. The molecular weight excluding hydrogens is 879 g/mol. The Hall–Kier alpha value is -7.62. The maximum Gasteiger partial charge on any atom is 0.417 e. The Morgan fingerprint density at radius 2 is 0.868 bits per heavy atom. The predicted molar refractivity (Wildman–Crippen MR) is 268 cm³/mol. The van der Waals surface area contributed by atoms with Crippen LogP contribution in [-0.2, 0) is 17.8 Å². The van der Waals surface area contributed by atoms with Gasteiger partial charge in [-0.25, -0.2) is 0 Å². The highest BCUT2D eigenvalue weighted by atomic mass is 28.3. The van der Waals surface area contributed by atoms with Gasteiger partial charge >= 0.3 is 12.4 Å². The van der Waals surface area contributed by atoms with Crippen LogP contribution in [0.2, 0.25) is 0 Å². The summed E-state index contributed by atoms with van der Waals surface area (Å²) < 4.78 is 91.2. The summed E-state index contributed by atoms with van der Waals surface area (Å²) in [5, 5.41) is 5.43. The first-order valence-electron chi connectivity index (χ1n) is 22.5. The first-order valence-corrected chi connectivity index (χ1v) is 24.5. The minimum atomic E-state index is -4.94. The SMILES string of the molecule is CC1(C)c2ccccc2N(c2ccc3c(c2)cc(N2c4ccccc4[Si](c4ccccc4)(c4ccccc4)c4ccccc42)c2c4ccc(C(F)(F)F)cc4cc(C(F)(F)F)c32)c2ccccc21. The second-order valence-corrected chi connectivity index (χ2v) is 22.0. The highest BCUT2D eigenvalue weighted by molar-refractivity contribution is 7.21. The van der Waals surface area contributed by atoms with Crippen molar-refractivity contribution in [3.8, 4) is 0 Å². The maximum atomic E-state index is 16.0. The van der Waals surface area contributed by atoms with Crippen molar-refractivity contribution in [3.63, 3.8) is 0 Å². The molecule has 12 rings (SSSR count). The summed E-state index contributed by atoms with van der Waals surface area (Å²) in [5.41, 5.74) is 4.48. The van der Waals surface area contributed by atoms with Gasteiger partial charge in [0.1, 0.15) is 0 Å². The van der Waals surface area contributed by atoms with E-state index in [-0.39, 0.29) is 27.0 Å². The standard InChI is InChI=1S/C59H40F6N2Si/c1-57(2)45-21-9-11-23-48(45)66(49-24-12-10-22-46(49)57)40-30-32-43-38(34-40)36-52(56-44-31-29-39(58(60,61)62)33-37(44)35-47(55(43)56)59(63,64)65)67-50-25-13-15-27-53(50)68(41-17-5-3-6-18-41,42-19-7-4-8-20-42)54-28-16-14-26-51(54)67/h3-36H,1-2H3. The highest BCUT2D eigenvalue weighted by Gasteiger charge is 2.49. The van der Waals surface area contributed by atoms with Crippen LogP contribution in [-0.4, -0.2) is 8.07 Å². The molecule has 0 bridgehead atoms. The van der Waals surface area contributed by atoms with Crippen molar-refractivity contribution in [3.05, 3.63) is 229 Å². The van der Waals surface area contributed by atoms with Crippen LogP contribution in [0.4, 0.5) is 60.5 Å². The lowest BCUT2D eigenvalue weighted by atomic mass is 9.73. The third kappa shape index (κ3) is 6.04. The van der Waals surface area contributed by atoms with Gasteiger partial charge in [0, 0.05) is 33.2 Å². The van der Waals surface area contributed by atoms with E-state index < -0.39 is 31.6 Å². The third-order valence-electron chi connectivity index (χ3n) is 14.3. The van der Waals surface area contributed by atoms with Crippen molar-refractivity contribution in [2.24, 2.45) is 0 Å². The number of benzene rings is 10. The molecule has 2 aliphatic rings. The van der Waals surface area contributed by atoms with Crippen molar-refractivity contribution in [2.75, 3.05) is 9.80 Å². The molecule has 10 aromatic carbocycles. The number of alkyl halides is 6. The van der Waals surface area contributed by atoms with Crippen LogP contribution >= 0.6 is 0 Å². The highest BCUT2D eigenvalue weighted by Crippen LogP contribution is 2.54. The van der Waals surface area contributed by atoms with Gasteiger partial charge in [0.05, 0.1) is 28.2 Å². The molecule has 0 aliphatic carbocycles. The Bertz CT molecular complexity index is 3520. The number of rotatable bonds is 4. The fraction of sp³-hybridized carbons (Fsp3) is 0.0847. The van der Waals surface area contributed by atoms with E-state index in [4.69, 9.17) is 0 Å². The quantitative estimate of drug-likeness (QED) is 0.0986. The first-order chi connectivity index (χ1) is 32.8. The first kappa shape index (κ1) is 41.8. The van der Waals surface area contributed by atoms with Crippen molar-refractivity contribution in [1.29, 1.82) is 0 Å². The summed E-state index contributed by atoms with van der Waals surface area (Å²) in [6.45, 7) is 4.39. The predicted octanol–water partition coefficient (Wildman–Crippen LogP) is 14.5. The molecule has 0 aromatic heterocycles. The van der Waals surface area contributed by atoms with Gasteiger partial charge in [-0.15, -0.1) is 0 Å². The summed E-state index contributed by atoms with van der Waals surface area (Å²) >= 11 is 0. The molecule has 0 radical (unpaired) electrons. The molecule has 0 unspecified atom stereocenters. The van der Waals surface area contributed by atoms with E-state index in [0.29, 0.717) is 16.5 Å². The van der Waals surface area contributed by atoms with Crippen LogP contribution in [0.3, 0.4) is 0 Å². The van der Waals surface area contributed by atoms with E-state index in [1.807, 2.05) is 115 Å². The molecule has 0 saturated heterocycles. The fourth-order valence-corrected chi connectivity index (χ4v) is 16.5. The van der Waals surface area contributed by atoms with Crippen molar-refractivity contribution in [1.82, 2.24) is 0 Å². The van der Waals surface area contributed by atoms with Gasteiger partial charge in [-0.05, 0) is 114 Å². The number of anilines is 6. The largest absolute Gasteiger partial charge is 0.417 e. The minimum Gasteiger partial charge on any atom is -0.310 e. The Kier molecular flexibility index (Phi) is 9.18. The normalized spacial score (nSPS) is 14.9. The average Bonchev–Trinajstić information content (AvgIpc) is 3.35. The lowest BCUT2D eigenvalue weighted by Gasteiger charge is -2.45. The summed E-state index contributed by atoms with van der Waals surface area (Å²) in [5.74, 6) is 0. The second-order valence-electron chi connectivity index (χ2n) is 18.3. The van der Waals surface area contributed by atoms with E-state index in [0.717, 1.165) is 78.5 Å². The van der Waals surface area contributed by atoms with Gasteiger partial charge in [0.25, 0.3) is 0 Å². The van der Waals surface area contributed by atoms with Gasteiger partial charge in [0.2, 0.25) is 0 Å². The van der Waals surface area contributed by atoms with Crippen LogP contribution in [0.15, 0.2) is 206 Å². The van der Waals surface area contributed by atoms with Crippen LogP contribution in [0.5, 0.6) is 0 Å². The fourth-order valence-electron chi connectivity index (χ4n) is 11.4. The van der Waals surface area contributed by atoms with Gasteiger partial charge in [-0.2, -0.15) is 26.3 Å². The molecular formula is C59H40F6N2Si. The number of hydrogen-bond donors (Lipinski definition) is 0. The molecule has 0 fully saturated rings. The van der Waals surface area contributed by atoms with E-state index in [1.165, 1.54) is 6.07 Å². The number of hydrogen-bond acceptors (Lipinski definition) is 2. The minimum absolute atomic E-state index is 0.0838. The van der Waals surface area contributed by atoms with Crippen LogP contribution in [0.25, 0.3) is 32.3 Å². The Morgan fingerprint density at radius 1 is 0.397 bits per heavy atom. The van der Waals surface area contributed by atoms with E-state index >= 15 is 13.2 Å². The lowest BCUT2D eigenvalue weighted by Crippen LogP contribution is -2.77. The molecule has 10 aromatic rings. The summed E-state index contributed by atoms with van der Waals surface area (Å²) in [6.07, 6.45) is -9.72. The molecule has 68 heavy (non-hydrogen) atoms. The van der Waals surface area contributed by atoms with Crippen LogP contribution in [0.1, 0.15) is 36.1 Å². The third-order valence-corrected chi connectivity index (χ3v) is 19.1. The zero-order chi connectivity index (χ0) is 46.7. The molecule has 2 nitrogen and oxygen atoms in total. The molecule has 0 atom stereocenters. The van der Waals surface area contributed by atoms with Crippen LogP contribution < -0.4 is 30.5 Å². The monoisotopic (exact) mass is 918 g/mol. The molecule has 0 saturated carbocycles. The Balaban J connectivity index is 1.23. The van der Waals surface area contributed by atoms with Crippen molar-refractivity contribution < 1.29 is 26.3 Å². The number of nitrogens with zero attached hydrogens (tertiary/aromatic N) is 2. The summed E-state index contributed by atoms with van der Waals surface area (Å²) in [4.78, 5) is 4.23. The van der Waals surface area contributed by atoms with E-state index in [1.54, 1.807) is 6.07 Å². The van der Waals surface area contributed by atoms with Gasteiger partial charge < -0.3 is 9.80 Å². The molecule has 0 spiro atoms. The van der Waals surface area contributed by atoms with Crippen LogP contribution in [0, 0.1) is 0 Å². The zero-order valence-electron chi connectivity index (χ0n) is 36.8. The maximum absolute atomic E-state index is 16.0. The number of para-hydroxylation sites is 4. The molecule has 332 valence electrons. The smallest absolute Gasteiger partial charge is 0.310 e. The van der Waals surface area contributed by atoms with E-state index in [9.17, 15) is 13.2 Å². The number of halogens is 6. The zero-order valence-corrected chi connectivity index (χ0v) is 37.8. The average molecular weight is 919 g/mol. The molecule has 2 aliphatic heterocycles. The van der Waals surface area contributed by atoms with Gasteiger partial charge in [-0.1, -0.05) is 159 Å². The van der Waals surface area contributed by atoms with E-state index in [2.05, 4.69) is 84.3 Å². The second kappa shape index (κ2) is 14.9. The van der Waals surface area contributed by atoms with Gasteiger partial charge in [0.15, 0.2) is 8.07 Å². The molecule has 2 heterocycles. The Morgan fingerprint density at radius 3 is 1.41 bits per heavy atom. The van der Waals surface area contributed by atoms with Crippen molar-refractivity contribution >= 4 is 95.3 Å². The lowest BCUT2D eigenvalue weighted by molar-refractivity contribution is -0.137. The summed E-state index contributed by atoms with van der Waals surface area (Å²) in [6, 6.07) is 65.0. The summed E-state index contributed by atoms with van der Waals surface area (Å²) in [7, 11) is -3.16. The Labute approximate surface area is 390 Å². The molecule has 0 N–H and O–H groups in total. The molecule has 0 amide bonds.